The van der Waals surface area contributed by atoms with Crippen molar-refractivity contribution in [1.82, 2.24) is 0 Å². The van der Waals surface area contributed by atoms with Gasteiger partial charge in [-0.15, -0.1) is 0 Å². The number of benzene rings is 1. The molecule has 1 heterocycles. The Balaban J connectivity index is 2.23. The Bertz CT molecular complexity index is 564. The highest BCUT2D eigenvalue weighted by Crippen LogP contribution is 2.25. The second-order valence-corrected chi connectivity index (χ2v) is 5.17. The zero-order valence-electron chi connectivity index (χ0n) is 11.0. The molecule has 4 heteroatoms. The lowest BCUT2D eigenvalue weighted by Crippen LogP contribution is -2.21. The van der Waals surface area contributed by atoms with Gasteiger partial charge in [-0.2, -0.15) is 0 Å². The Kier molecular flexibility index (Phi) is 4.43. The Morgan fingerprint density at radius 1 is 1.37 bits per heavy atom. The van der Waals surface area contributed by atoms with E-state index in [-0.39, 0.29) is 5.78 Å². The lowest BCUT2D eigenvalue weighted by atomic mass is 10.1. The van der Waals surface area contributed by atoms with E-state index >= 15 is 0 Å². The van der Waals surface area contributed by atoms with E-state index in [2.05, 4.69) is 27.8 Å². The summed E-state index contributed by atoms with van der Waals surface area (Å²) in [6, 6.07) is 9.64. The first kappa shape index (κ1) is 13.9. The van der Waals surface area contributed by atoms with Crippen LogP contribution in [0, 0.1) is 0 Å². The summed E-state index contributed by atoms with van der Waals surface area (Å²) in [5.74, 6) is 0.987. The zero-order chi connectivity index (χ0) is 13.8. The van der Waals surface area contributed by atoms with Crippen LogP contribution in [0.2, 0.25) is 0 Å². The minimum absolute atomic E-state index is 0.0625. The molecular weight excluding hydrogens is 306 g/mol. The summed E-state index contributed by atoms with van der Waals surface area (Å²) in [4.78, 5) is 13.6. The molecule has 0 fully saturated rings. The second kappa shape index (κ2) is 6.06. The Labute approximate surface area is 121 Å². The lowest BCUT2D eigenvalue weighted by Gasteiger charge is -2.22. The summed E-state index contributed by atoms with van der Waals surface area (Å²) in [6.45, 7) is 5.25. The molecule has 0 saturated heterocycles. The van der Waals surface area contributed by atoms with Crippen LogP contribution in [0.5, 0.6) is 0 Å². The third-order valence-corrected chi connectivity index (χ3v) is 3.66. The van der Waals surface area contributed by atoms with Crippen LogP contribution in [0.3, 0.4) is 0 Å². The molecule has 0 aliphatic heterocycles. The van der Waals surface area contributed by atoms with Gasteiger partial charge in [0.25, 0.3) is 0 Å². The molecule has 0 N–H and O–H groups in total. The first-order valence-corrected chi connectivity index (χ1v) is 6.99. The lowest BCUT2D eigenvalue weighted by molar-refractivity contribution is 0.101. The predicted octanol–water partition coefficient (Wildman–Crippen LogP) is 4.27. The van der Waals surface area contributed by atoms with Crippen LogP contribution in [0.25, 0.3) is 0 Å². The van der Waals surface area contributed by atoms with Crippen molar-refractivity contribution in [2.45, 2.75) is 20.4 Å². The van der Waals surface area contributed by atoms with Gasteiger partial charge in [0.15, 0.2) is 5.78 Å². The third kappa shape index (κ3) is 3.26. The van der Waals surface area contributed by atoms with Gasteiger partial charge in [-0.05, 0) is 60.1 Å². The molecular formula is C15H16BrNO2. The number of nitrogens with zero attached hydrogens (tertiary/aromatic N) is 1. The van der Waals surface area contributed by atoms with Crippen LogP contribution in [-0.4, -0.2) is 12.3 Å². The van der Waals surface area contributed by atoms with Gasteiger partial charge in [0.05, 0.1) is 12.8 Å². The highest BCUT2D eigenvalue weighted by atomic mass is 79.9. The van der Waals surface area contributed by atoms with Crippen LogP contribution in [0.1, 0.15) is 30.0 Å². The molecule has 19 heavy (non-hydrogen) atoms. The van der Waals surface area contributed by atoms with Crippen molar-refractivity contribution < 1.29 is 9.21 Å². The summed E-state index contributed by atoms with van der Waals surface area (Å²) < 4.78 is 6.20. The molecule has 1 aromatic heterocycles. The van der Waals surface area contributed by atoms with Crippen molar-refractivity contribution in [3.63, 3.8) is 0 Å². The maximum absolute atomic E-state index is 11.4. The maximum atomic E-state index is 11.4. The van der Waals surface area contributed by atoms with Crippen molar-refractivity contribution in [2.24, 2.45) is 0 Å². The smallest absolute Gasteiger partial charge is 0.160 e. The Morgan fingerprint density at radius 2 is 2.16 bits per heavy atom. The summed E-state index contributed by atoms with van der Waals surface area (Å²) in [7, 11) is 0. The molecule has 3 nitrogen and oxygen atoms in total. The quantitative estimate of drug-likeness (QED) is 0.771. The number of carbonyl (C=O) groups is 1. The fourth-order valence-electron chi connectivity index (χ4n) is 1.96. The molecule has 0 unspecified atom stereocenters. The molecule has 0 bridgehead atoms. The molecule has 100 valence electrons. The molecule has 0 radical (unpaired) electrons. The van der Waals surface area contributed by atoms with Gasteiger partial charge in [-0.1, -0.05) is 0 Å². The molecule has 2 rings (SSSR count). The number of carbonyl (C=O) groups excluding carboxylic acids is 1. The van der Waals surface area contributed by atoms with Crippen molar-refractivity contribution in [3.8, 4) is 0 Å². The standard InChI is InChI=1S/C15H16BrNO2/c1-3-17(10-13-5-4-8-19-13)12-6-7-14(11(2)18)15(16)9-12/h4-9H,3,10H2,1-2H3. The van der Waals surface area contributed by atoms with Gasteiger partial charge in [-0.3, -0.25) is 4.79 Å². The minimum Gasteiger partial charge on any atom is -0.467 e. The summed E-state index contributed by atoms with van der Waals surface area (Å²) in [5, 5.41) is 0. The zero-order valence-corrected chi connectivity index (χ0v) is 12.6. The molecule has 0 atom stereocenters. The molecule has 1 aromatic carbocycles. The SMILES string of the molecule is CCN(Cc1ccco1)c1ccc(C(C)=O)c(Br)c1. The normalized spacial score (nSPS) is 10.5. The molecule has 0 aliphatic carbocycles. The highest BCUT2D eigenvalue weighted by molar-refractivity contribution is 9.10. The van der Waals surface area contributed by atoms with Crippen LogP contribution in [-0.2, 0) is 6.54 Å². The van der Waals surface area contributed by atoms with Crippen LogP contribution >= 0.6 is 15.9 Å². The molecule has 0 saturated carbocycles. The third-order valence-electron chi connectivity index (χ3n) is 3.01. The van der Waals surface area contributed by atoms with E-state index in [1.54, 1.807) is 13.2 Å². The van der Waals surface area contributed by atoms with E-state index < -0.39 is 0 Å². The van der Waals surface area contributed by atoms with E-state index in [1.807, 2.05) is 30.3 Å². The molecule has 0 spiro atoms. The van der Waals surface area contributed by atoms with Crippen molar-refractivity contribution >= 4 is 27.4 Å². The number of ketones is 1. The number of anilines is 1. The first-order chi connectivity index (χ1) is 9.11. The van der Waals surface area contributed by atoms with Gasteiger partial charge in [0.1, 0.15) is 5.76 Å². The maximum Gasteiger partial charge on any atom is 0.160 e. The van der Waals surface area contributed by atoms with Crippen molar-refractivity contribution in [2.75, 3.05) is 11.4 Å². The summed E-state index contributed by atoms with van der Waals surface area (Å²) >= 11 is 3.45. The predicted molar refractivity (Wildman–Crippen MR) is 79.6 cm³/mol. The average molecular weight is 322 g/mol. The van der Waals surface area contributed by atoms with Gasteiger partial charge >= 0.3 is 0 Å². The van der Waals surface area contributed by atoms with Gasteiger partial charge in [0, 0.05) is 22.3 Å². The van der Waals surface area contributed by atoms with Crippen LogP contribution < -0.4 is 4.90 Å². The average Bonchev–Trinajstić information content (AvgIpc) is 2.88. The Hall–Kier alpha value is -1.55. The highest BCUT2D eigenvalue weighted by Gasteiger charge is 2.11. The van der Waals surface area contributed by atoms with Crippen LogP contribution in [0.15, 0.2) is 45.5 Å². The first-order valence-electron chi connectivity index (χ1n) is 6.19. The fourth-order valence-corrected chi connectivity index (χ4v) is 2.61. The van der Waals surface area contributed by atoms with Crippen molar-refractivity contribution in [3.05, 3.63) is 52.4 Å². The molecule has 2 aromatic rings. The van der Waals surface area contributed by atoms with E-state index in [9.17, 15) is 4.79 Å². The van der Waals surface area contributed by atoms with Gasteiger partial charge in [0.2, 0.25) is 0 Å². The largest absolute Gasteiger partial charge is 0.467 e. The van der Waals surface area contributed by atoms with Crippen molar-refractivity contribution in [1.29, 1.82) is 0 Å². The number of furan rings is 1. The van der Waals surface area contributed by atoms with E-state index in [4.69, 9.17) is 4.42 Å². The summed E-state index contributed by atoms with van der Waals surface area (Å²) in [6.07, 6.45) is 1.68. The monoisotopic (exact) mass is 321 g/mol. The molecule has 0 aliphatic rings. The fraction of sp³-hybridized carbons (Fsp3) is 0.267. The van der Waals surface area contributed by atoms with E-state index in [0.717, 1.165) is 29.0 Å². The number of rotatable bonds is 5. The van der Waals surface area contributed by atoms with Gasteiger partial charge in [-0.25, -0.2) is 0 Å². The topological polar surface area (TPSA) is 33.5 Å². The van der Waals surface area contributed by atoms with Crippen LogP contribution in [0.4, 0.5) is 5.69 Å². The number of hydrogen-bond acceptors (Lipinski definition) is 3. The number of hydrogen-bond donors (Lipinski definition) is 0. The number of halogens is 1. The minimum atomic E-state index is 0.0625. The van der Waals surface area contributed by atoms with Gasteiger partial charge < -0.3 is 9.32 Å². The van der Waals surface area contributed by atoms with E-state index in [0.29, 0.717) is 5.56 Å². The Morgan fingerprint density at radius 3 is 2.68 bits per heavy atom. The molecule has 0 amide bonds. The van der Waals surface area contributed by atoms with E-state index in [1.165, 1.54) is 0 Å². The second-order valence-electron chi connectivity index (χ2n) is 4.31. The number of Topliss-reactive ketones (excluding diaryl/α,β-unsaturated/α-hetero) is 1. The summed E-state index contributed by atoms with van der Waals surface area (Å²) in [5.41, 5.74) is 1.77.